The summed E-state index contributed by atoms with van der Waals surface area (Å²) in [6.45, 7) is 0. The van der Waals surface area contributed by atoms with E-state index in [4.69, 9.17) is 4.74 Å². The summed E-state index contributed by atoms with van der Waals surface area (Å²) in [5, 5.41) is 10.9. The average molecular weight is 304 g/mol. The van der Waals surface area contributed by atoms with Gasteiger partial charge in [-0.25, -0.2) is 0 Å². The SMILES string of the molecule is COc1ccc2c(c1)CCc1cc(C(=O)[O-])ccc1C2=O.[Na+]. The van der Waals surface area contributed by atoms with Gasteiger partial charge >= 0.3 is 29.6 Å². The molecule has 0 atom stereocenters. The maximum atomic E-state index is 12.6. The second-order valence-corrected chi connectivity index (χ2v) is 5.01. The van der Waals surface area contributed by atoms with Gasteiger partial charge in [0.1, 0.15) is 5.75 Å². The molecule has 0 fully saturated rings. The fraction of sp³-hybridized carbons (Fsp3) is 0.176. The molecule has 0 heterocycles. The molecule has 0 saturated heterocycles. The summed E-state index contributed by atoms with van der Waals surface area (Å²) in [5.74, 6) is -0.596. The number of rotatable bonds is 2. The predicted molar refractivity (Wildman–Crippen MR) is 74.6 cm³/mol. The minimum atomic E-state index is -1.23. The van der Waals surface area contributed by atoms with Gasteiger partial charge in [0.15, 0.2) is 5.78 Å². The van der Waals surface area contributed by atoms with Crippen LogP contribution in [0.25, 0.3) is 0 Å². The molecule has 0 N–H and O–H groups in total. The summed E-state index contributed by atoms with van der Waals surface area (Å²) in [7, 11) is 1.58. The molecule has 4 nitrogen and oxygen atoms in total. The molecule has 1 aliphatic rings. The monoisotopic (exact) mass is 304 g/mol. The smallest absolute Gasteiger partial charge is 0.545 e. The van der Waals surface area contributed by atoms with Crippen LogP contribution >= 0.6 is 0 Å². The summed E-state index contributed by atoms with van der Waals surface area (Å²) in [6, 6.07) is 9.91. The zero-order chi connectivity index (χ0) is 15.0. The van der Waals surface area contributed by atoms with Crippen molar-refractivity contribution in [2.75, 3.05) is 7.11 Å². The van der Waals surface area contributed by atoms with Gasteiger partial charge in [-0.15, -0.1) is 0 Å². The molecule has 0 radical (unpaired) electrons. The third-order valence-electron chi connectivity index (χ3n) is 3.81. The van der Waals surface area contributed by atoms with Crippen molar-refractivity contribution in [3.8, 4) is 5.75 Å². The fourth-order valence-corrected chi connectivity index (χ4v) is 2.69. The number of ether oxygens (including phenoxy) is 1. The Balaban J connectivity index is 0.00000176. The quantitative estimate of drug-likeness (QED) is 0.626. The maximum Gasteiger partial charge on any atom is 1.00 e. The molecule has 0 unspecified atom stereocenters. The van der Waals surface area contributed by atoms with E-state index in [0.29, 0.717) is 29.7 Å². The van der Waals surface area contributed by atoms with Crippen LogP contribution in [0.3, 0.4) is 0 Å². The largest absolute Gasteiger partial charge is 1.00 e. The number of carbonyl (C=O) groups excluding carboxylic acids is 2. The number of aromatic carboxylic acids is 1. The first-order valence-electron chi connectivity index (χ1n) is 6.66. The number of benzene rings is 2. The van der Waals surface area contributed by atoms with E-state index in [1.807, 2.05) is 6.07 Å². The molecule has 5 heteroatoms. The van der Waals surface area contributed by atoms with Crippen molar-refractivity contribution in [3.63, 3.8) is 0 Å². The topological polar surface area (TPSA) is 66.4 Å². The first-order valence-corrected chi connectivity index (χ1v) is 6.66. The predicted octanol–water partition coefficient (Wildman–Crippen LogP) is -1.61. The van der Waals surface area contributed by atoms with Gasteiger partial charge in [0.05, 0.1) is 13.1 Å². The van der Waals surface area contributed by atoms with Gasteiger partial charge in [-0.3, -0.25) is 4.79 Å². The Morgan fingerprint density at radius 3 is 2.23 bits per heavy atom. The van der Waals surface area contributed by atoms with Crippen LogP contribution in [0.15, 0.2) is 36.4 Å². The first kappa shape index (κ1) is 16.7. The first-order chi connectivity index (χ1) is 10.1. The van der Waals surface area contributed by atoms with Crippen LogP contribution < -0.4 is 39.4 Å². The molecule has 0 saturated carbocycles. The number of hydrogen-bond donors (Lipinski definition) is 0. The van der Waals surface area contributed by atoms with Gasteiger partial charge in [0, 0.05) is 11.1 Å². The van der Waals surface area contributed by atoms with Crippen molar-refractivity contribution >= 4 is 11.8 Å². The van der Waals surface area contributed by atoms with Gasteiger partial charge in [-0.2, -0.15) is 0 Å². The third-order valence-corrected chi connectivity index (χ3v) is 3.81. The van der Waals surface area contributed by atoms with Crippen molar-refractivity contribution in [1.29, 1.82) is 0 Å². The van der Waals surface area contributed by atoms with Crippen molar-refractivity contribution in [3.05, 3.63) is 64.2 Å². The minimum Gasteiger partial charge on any atom is -0.545 e. The van der Waals surface area contributed by atoms with E-state index < -0.39 is 5.97 Å². The Kier molecular flexibility index (Phi) is 5.06. The van der Waals surface area contributed by atoms with Crippen molar-refractivity contribution in [1.82, 2.24) is 0 Å². The molecule has 3 rings (SSSR count). The molecule has 106 valence electrons. The zero-order valence-corrected chi connectivity index (χ0v) is 14.5. The van der Waals surface area contributed by atoms with Crippen LogP contribution in [0.4, 0.5) is 0 Å². The molecule has 0 spiro atoms. The van der Waals surface area contributed by atoms with Crippen molar-refractivity contribution in [2.24, 2.45) is 0 Å². The minimum absolute atomic E-state index is 0. The summed E-state index contributed by atoms with van der Waals surface area (Å²) >= 11 is 0. The number of hydrogen-bond acceptors (Lipinski definition) is 4. The normalized spacial score (nSPS) is 12.5. The molecular formula is C17H13NaO4. The van der Waals surface area contributed by atoms with Crippen LogP contribution in [-0.2, 0) is 12.8 Å². The van der Waals surface area contributed by atoms with Gasteiger partial charge in [0.2, 0.25) is 0 Å². The van der Waals surface area contributed by atoms with E-state index in [1.54, 1.807) is 25.3 Å². The van der Waals surface area contributed by atoms with E-state index in [-0.39, 0.29) is 40.9 Å². The van der Waals surface area contributed by atoms with E-state index in [0.717, 1.165) is 11.1 Å². The number of fused-ring (bicyclic) bond motifs is 2. The van der Waals surface area contributed by atoms with Crippen LogP contribution in [0.2, 0.25) is 0 Å². The van der Waals surface area contributed by atoms with Crippen LogP contribution in [0.5, 0.6) is 5.75 Å². The van der Waals surface area contributed by atoms with E-state index in [1.165, 1.54) is 12.1 Å². The number of carboxylic acid groups (broad SMARTS) is 1. The molecule has 0 amide bonds. The molecule has 0 aromatic heterocycles. The second kappa shape index (κ2) is 6.65. The molecule has 0 aliphatic heterocycles. The number of aryl methyl sites for hydroxylation is 2. The summed E-state index contributed by atoms with van der Waals surface area (Å²) in [4.78, 5) is 23.5. The summed E-state index contributed by atoms with van der Waals surface area (Å²) < 4.78 is 5.19. The number of methoxy groups -OCH3 is 1. The van der Waals surface area contributed by atoms with E-state index in [9.17, 15) is 14.7 Å². The molecule has 0 bridgehead atoms. The number of carboxylic acids is 1. The van der Waals surface area contributed by atoms with Gasteiger partial charge in [-0.1, -0.05) is 12.1 Å². The summed E-state index contributed by atoms with van der Waals surface area (Å²) in [5.41, 5.74) is 2.98. The van der Waals surface area contributed by atoms with Crippen LogP contribution in [0, 0.1) is 0 Å². The number of carbonyl (C=O) groups is 2. The van der Waals surface area contributed by atoms with Gasteiger partial charge in [-0.05, 0) is 53.8 Å². The Morgan fingerprint density at radius 2 is 1.64 bits per heavy atom. The number of ketones is 1. The van der Waals surface area contributed by atoms with Crippen molar-refractivity contribution < 1.29 is 49.0 Å². The Labute approximate surface area is 150 Å². The standard InChI is InChI=1S/C17H14O4.Na/c1-21-13-5-7-15-11(9-13)3-2-10-8-12(17(19)20)4-6-14(10)16(15)18;/h4-9H,2-3H2,1H3,(H,19,20);/q;+1/p-1. The average Bonchev–Trinajstić information content (AvgIpc) is 2.64. The zero-order valence-electron chi connectivity index (χ0n) is 12.5. The molecule has 2 aromatic carbocycles. The Morgan fingerprint density at radius 1 is 1.05 bits per heavy atom. The van der Waals surface area contributed by atoms with Gasteiger partial charge in [0.25, 0.3) is 0 Å². The second-order valence-electron chi connectivity index (χ2n) is 5.01. The maximum absolute atomic E-state index is 12.6. The molecule has 1 aliphatic carbocycles. The molecule has 2 aromatic rings. The summed E-state index contributed by atoms with van der Waals surface area (Å²) in [6.07, 6.45) is 1.28. The Bertz CT molecular complexity index is 752. The van der Waals surface area contributed by atoms with E-state index in [2.05, 4.69) is 0 Å². The Hall–Kier alpha value is -1.62. The van der Waals surface area contributed by atoms with Crippen LogP contribution in [0.1, 0.15) is 37.4 Å². The van der Waals surface area contributed by atoms with E-state index >= 15 is 0 Å². The van der Waals surface area contributed by atoms with Gasteiger partial charge < -0.3 is 14.6 Å². The third kappa shape index (κ3) is 2.95. The fourth-order valence-electron chi connectivity index (χ4n) is 2.69. The van der Waals surface area contributed by atoms with Crippen molar-refractivity contribution in [2.45, 2.75) is 12.8 Å². The molecular weight excluding hydrogens is 291 g/mol. The van der Waals surface area contributed by atoms with Crippen LogP contribution in [-0.4, -0.2) is 18.9 Å². The molecule has 22 heavy (non-hydrogen) atoms.